The van der Waals surface area contributed by atoms with Gasteiger partial charge in [0.15, 0.2) is 0 Å². The van der Waals surface area contributed by atoms with Gasteiger partial charge in [0.05, 0.1) is 5.56 Å². The molecule has 0 saturated carbocycles. The molecule has 92 valence electrons. The zero-order valence-corrected chi connectivity index (χ0v) is 11.1. The number of hydrogen-bond donors (Lipinski definition) is 1. The SMILES string of the molecule is O=C(O)c1cnc(Cl)c(-c2cc(Cl)cc(Cl)c2)c1. The lowest BCUT2D eigenvalue weighted by atomic mass is 10.1. The van der Waals surface area contributed by atoms with E-state index in [9.17, 15) is 4.79 Å². The third kappa shape index (κ3) is 2.75. The highest BCUT2D eigenvalue weighted by atomic mass is 35.5. The number of halogens is 3. The molecule has 1 aromatic carbocycles. The van der Waals surface area contributed by atoms with Gasteiger partial charge in [0.25, 0.3) is 0 Å². The molecule has 0 spiro atoms. The Morgan fingerprint density at radius 1 is 1.06 bits per heavy atom. The molecule has 6 heteroatoms. The van der Waals surface area contributed by atoms with Crippen molar-refractivity contribution in [1.29, 1.82) is 0 Å². The number of aromatic nitrogens is 1. The van der Waals surface area contributed by atoms with E-state index in [1.54, 1.807) is 18.2 Å². The Morgan fingerprint density at radius 2 is 1.67 bits per heavy atom. The lowest BCUT2D eigenvalue weighted by Gasteiger charge is -2.06. The second-order valence-corrected chi connectivity index (χ2v) is 4.76. The first-order valence-corrected chi connectivity index (χ1v) is 5.96. The number of rotatable bonds is 2. The summed E-state index contributed by atoms with van der Waals surface area (Å²) in [7, 11) is 0. The fourth-order valence-electron chi connectivity index (χ4n) is 1.48. The van der Waals surface area contributed by atoms with E-state index in [-0.39, 0.29) is 10.7 Å². The molecule has 18 heavy (non-hydrogen) atoms. The van der Waals surface area contributed by atoms with Gasteiger partial charge < -0.3 is 5.11 Å². The van der Waals surface area contributed by atoms with E-state index in [0.717, 1.165) is 0 Å². The molecule has 0 saturated heterocycles. The second kappa shape index (κ2) is 5.14. The van der Waals surface area contributed by atoms with Crippen molar-refractivity contribution >= 4 is 40.8 Å². The second-order valence-electron chi connectivity index (χ2n) is 3.53. The molecule has 0 amide bonds. The topological polar surface area (TPSA) is 50.2 Å². The zero-order valence-electron chi connectivity index (χ0n) is 8.82. The van der Waals surface area contributed by atoms with Gasteiger partial charge in [-0.05, 0) is 29.8 Å². The van der Waals surface area contributed by atoms with E-state index in [1.165, 1.54) is 12.3 Å². The molecule has 2 rings (SSSR count). The molecule has 1 aromatic heterocycles. The number of nitrogens with zero attached hydrogens (tertiary/aromatic N) is 1. The highest BCUT2D eigenvalue weighted by Gasteiger charge is 2.11. The van der Waals surface area contributed by atoms with E-state index < -0.39 is 5.97 Å². The average Bonchev–Trinajstić information content (AvgIpc) is 2.27. The van der Waals surface area contributed by atoms with Crippen LogP contribution in [0.3, 0.4) is 0 Å². The van der Waals surface area contributed by atoms with Crippen LogP contribution < -0.4 is 0 Å². The monoisotopic (exact) mass is 301 g/mol. The van der Waals surface area contributed by atoms with Crippen molar-refractivity contribution in [3.05, 3.63) is 51.2 Å². The molecule has 0 fully saturated rings. The van der Waals surface area contributed by atoms with Crippen molar-refractivity contribution in [3.8, 4) is 11.1 Å². The minimum absolute atomic E-state index is 0.0468. The lowest BCUT2D eigenvalue weighted by Crippen LogP contribution is -1.98. The number of carboxylic acid groups (broad SMARTS) is 1. The van der Waals surface area contributed by atoms with Crippen LogP contribution in [-0.4, -0.2) is 16.1 Å². The standard InChI is InChI=1S/C12H6Cl3NO2/c13-8-1-6(2-9(14)4-8)10-3-7(12(17)18)5-16-11(10)15/h1-5H,(H,17,18). The van der Waals surface area contributed by atoms with Gasteiger partial charge in [-0.15, -0.1) is 0 Å². The van der Waals surface area contributed by atoms with E-state index in [0.29, 0.717) is 21.2 Å². The van der Waals surface area contributed by atoms with E-state index in [2.05, 4.69) is 4.98 Å². The number of aromatic carboxylic acids is 1. The minimum Gasteiger partial charge on any atom is -0.478 e. The number of carbonyl (C=O) groups is 1. The van der Waals surface area contributed by atoms with Gasteiger partial charge in [0, 0.05) is 21.8 Å². The summed E-state index contributed by atoms with van der Waals surface area (Å²) >= 11 is 17.7. The summed E-state index contributed by atoms with van der Waals surface area (Å²) in [5, 5.41) is 9.99. The molecule has 0 unspecified atom stereocenters. The highest BCUT2D eigenvalue weighted by Crippen LogP contribution is 2.31. The smallest absolute Gasteiger partial charge is 0.337 e. The van der Waals surface area contributed by atoms with Crippen molar-refractivity contribution in [1.82, 2.24) is 4.98 Å². The molecule has 2 aromatic rings. The summed E-state index contributed by atoms with van der Waals surface area (Å²) in [5.41, 5.74) is 1.14. The van der Waals surface area contributed by atoms with Crippen LogP contribution in [0.4, 0.5) is 0 Å². The molecule has 0 radical (unpaired) electrons. The van der Waals surface area contributed by atoms with E-state index in [1.807, 2.05) is 0 Å². The molecule has 0 bridgehead atoms. The van der Waals surface area contributed by atoms with Crippen molar-refractivity contribution in [3.63, 3.8) is 0 Å². The van der Waals surface area contributed by atoms with Crippen molar-refractivity contribution in [2.24, 2.45) is 0 Å². The van der Waals surface area contributed by atoms with Gasteiger partial charge in [-0.25, -0.2) is 9.78 Å². The minimum atomic E-state index is -1.08. The third-order valence-electron chi connectivity index (χ3n) is 2.26. The number of benzene rings is 1. The van der Waals surface area contributed by atoms with Crippen LogP contribution in [0.25, 0.3) is 11.1 Å². The summed E-state index contributed by atoms with van der Waals surface area (Å²) < 4.78 is 0. The Bertz CT molecular complexity index is 608. The Morgan fingerprint density at radius 3 is 2.22 bits per heavy atom. The van der Waals surface area contributed by atoms with Gasteiger partial charge in [-0.2, -0.15) is 0 Å². The van der Waals surface area contributed by atoms with Gasteiger partial charge in [0.2, 0.25) is 0 Å². The molecule has 0 aliphatic rings. The molecule has 0 aliphatic carbocycles. The maximum atomic E-state index is 10.9. The largest absolute Gasteiger partial charge is 0.478 e. The first-order chi connectivity index (χ1) is 8.47. The molecule has 3 nitrogen and oxygen atoms in total. The molecule has 1 N–H and O–H groups in total. The average molecular weight is 303 g/mol. The fraction of sp³-hybridized carbons (Fsp3) is 0. The zero-order chi connectivity index (χ0) is 13.3. The first kappa shape index (κ1) is 13.1. The van der Waals surface area contributed by atoms with Crippen LogP contribution in [0.1, 0.15) is 10.4 Å². The predicted molar refractivity (Wildman–Crippen MR) is 71.7 cm³/mol. The van der Waals surface area contributed by atoms with Crippen LogP contribution >= 0.6 is 34.8 Å². The highest BCUT2D eigenvalue weighted by molar-refractivity contribution is 6.35. The predicted octanol–water partition coefficient (Wildman–Crippen LogP) is 4.41. The molecular formula is C12H6Cl3NO2. The summed E-state index contributed by atoms with van der Waals surface area (Å²) in [4.78, 5) is 14.7. The summed E-state index contributed by atoms with van der Waals surface area (Å²) in [6.45, 7) is 0. The van der Waals surface area contributed by atoms with Gasteiger partial charge in [0.1, 0.15) is 5.15 Å². The fourth-order valence-corrected chi connectivity index (χ4v) is 2.22. The normalized spacial score (nSPS) is 10.4. The molecule has 0 aliphatic heterocycles. The lowest BCUT2D eigenvalue weighted by molar-refractivity contribution is 0.0696. The van der Waals surface area contributed by atoms with Crippen LogP contribution in [0.5, 0.6) is 0 Å². The quantitative estimate of drug-likeness (QED) is 0.836. The van der Waals surface area contributed by atoms with E-state index in [4.69, 9.17) is 39.9 Å². The Labute approximate surface area is 118 Å². The molecule has 1 heterocycles. The van der Waals surface area contributed by atoms with E-state index >= 15 is 0 Å². The van der Waals surface area contributed by atoms with Crippen LogP contribution in [0.15, 0.2) is 30.5 Å². The summed E-state index contributed by atoms with van der Waals surface area (Å²) in [6.07, 6.45) is 1.19. The number of hydrogen-bond acceptors (Lipinski definition) is 2. The summed E-state index contributed by atoms with van der Waals surface area (Å²) in [6, 6.07) is 6.29. The number of carboxylic acids is 1. The van der Waals surface area contributed by atoms with Crippen molar-refractivity contribution < 1.29 is 9.90 Å². The van der Waals surface area contributed by atoms with Crippen molar-refractivity contribution in [2.75, 3.05) is 0 Å². The Hall–Kier alpha value is -1.29. The summed E-state index contributed by atoms with van der Waals surface area (Å²) in [5.74, 6) is -1.08. The molecule has 0 atom stereocenters. The maximum absolute atomic E-state index is 10.9. The first-order valence-electron chi connectivity index (χ1n) is 4.82. The number of pyridine rings is 1. The van der Waals surface area contributed by atoms with Crippen molar-refractivity contribution in [2.45, 2.75) is 0 Å². The van der Waals surface area contributed by atoms with Gasteiger partial charge in [-0.1, -0.05) is 34.8 Å². The van der Waals surface area contributed by atoms with Crippen LogP contribution in [-0.2, 0) is 0 Å². The maximum Gasteiger partial charge on any atom is 0.337 e. The Balaban J connectivity index is 2.62. The van der Waals surface area contributed by atoms with Crippen LogP contribution in [0.2, 0.25) is 15.2 Å². The Kier molecular flexibility index (Phi) is 3.76. The van der Waals surface area contributed by atoms with Gasteiger partial charge >= 0.3 is 5.97 Å². The van der Waals surface area contributed by atoms with Gasteiger partial charge in [-0.3, -0.25) is 0 Å². The molecular weight excluding hydrogens is 296 g/mol. The third-order valence-corrected chi connectivity index (χ3v) is 3.00. The van der Waals surface area contributed by atoms with Crippen LogP contribution in [0, 0.1) is 0 Å².